The number of nitrogens with zero attached hydrogens (tertiary/aromatic N) is 2. The van der Waals surface area contributed by atoms with E-state index in [0.717, 1.165) is 23.3 Å². The van der Waals surface area contributed by atoms with Gasteiger partial charge in [-0.1, -0.05) is 29.8 Å². The van der Waals surface area contributed by atoms with Crippen LogP contribution in [0.4, 0.5) is 0 Å². The Hall–Kier alpha value is -2.13. The van der Waals surface area contributed by atoms with Gasteiger partial charge in [-0.25, -0.2) is 4.98 Å². The van der Waals surface area contributed by atoms with Crippen LogP contribution in [0.15, 0.2) is 48.8 Å². The van der Waals surface area contributed by atoms with Crippen molar-refractivity contribution in [3.05, 3.63) is 71.2 Å². The molecule has 2 N–H and O–H groups in total. The fourth-order valence-electron chi connectivity index (χ4n) is 2.32. The van der Waals surface area contributed by atoms with Crippen LogP contribution < -0.4 is 5.73 Å². The molecule has 0 radical (unpaired) electrons. The van der Waals surface area contributed by atoms with Crippen molar-refractivity contribution in [3.8, 4) is 0 Å². The number of imidazole rings is 1. The van der Waals surface area contributed by atoms with Crippen LogP contribution in [0.1, 0.15) is 22.4 Å². The van der Waals surface area contributed by atoms with E-state index >= 15 is 0 Å². The Morgan fingerprint density at radius 1 is 1.16 bits per heavy atom. The first-order valence-corrected chi connectivity index (χ1v) is 6.47. The molecular weight excluding hydrogens is 234 g/mol. The summed E-state index contributed by atoms with van der Waals surface area (Å²) in [5, 5.41) is 0. The van der Waals surface area contributed by atoms with Gasteiger partial charge in [0, 0.05) is 25.4 Å². The maximum Gasteiger partial charge on any atom is 0.137 e. The molecule has 0 aliphatic heterocycles. The fourth-order valence-corrected chi connectivity index (χ4v) is 2.32. The van der Waals surface area contributed by atoms with E-state index in [9.17, 15) is 0 Å². The highest BCUT2D eigenvalue weighted by Gasteiger charge is 2.03. The molecule has 0 atom stereocenters. The molecule has 0 amide bonds. The van der Waals surface area contributed by atoms with Gasteiger partial charge in [-0.3, -0.25) is 0 Å². The lowest BCUT2D eigenvalue weighted by Crippen LogP contribution is -1.96. The molecule has 0 saturated heterocycles. The van der Waals surface area contributed by atoms with Crippen LogP contribution in [-0.4, -0.2) is 9.38 Å². The highest BCUT2D eigenvalue weighted by molar-refractivity contribution is 5.43. The molecule has 3 aromatic rings. The van der Waals surface area contributed by atoms with Crippen LogP contribution in [0, 0.1) is 6.92 Å². The summed E-state index contributed by atoms with van der Waals surface area (Å²) in [4.78, 5) is 4.65. The number of benzene rings is 1. The van der Waals surface area contributed by atoms with Gasteiger partial charge in [-0.2, -0.15) is 0 Å². The van der Waals surface area contributed by atoms with E-state index in [4.69, 9.17) is 5.73 Å². The van der Waals surface area contributed by atoms with E-state index in [1.54, 1.807) is 0 Å². The number of aryl methyl sites for hydroxylation is 1. The van der Waals surface area contributed by atoms with Crippen molar-refractivity contribution in [2.24, 2.45) is 5.73 Å². The second-order valence-corrected chi connectivity index (χ2v) is 4.90. The van der Waals surface area contributed by atoms with Gasteiger partial charge in [0.2, 0.25) is 0 Å². The molecule has 3 rings (SSSR count). The van der Waals surface area contributed by atoms with Crippen LogP contribution in [-0.2, 0) is 13.0 Å². The molecule has 3 heteroatoms. The van der Waals surface area contributed by atoms with Crippen LogP contribution in [0.2, 0.25) is 0 Å². The summed E-state index contributed by atoms with van der Waals surface area (Å²) in [7, 11) is 0. The predicted molar refractivity (Wildman–Crippen MR) is 77.1 cm³/mol. The Kier molecular flexibility index (Phi) is 3.05. The first kappa shape index (κ1) is 11.9. The number of nitrogens with two attached hydrogens (primary N) is 1. The van der Waals surface area contributed by atoms with Gasteiger partial charge >= 0.3 is 0 Å². The Morgan fingerprint density at radius 2 is 2.05 bits per heavy atom. The van der Waals surface area contributed by atoms with E-state index in [1.165, 1.54) is 11.1 Å². The number of fused-ring (bicyclic) bond motifs is 1. The third-order valence-corrected chi connectivity index (χ3v) is 3.28. The highest BCUT2D eigenvalue weighted by atomic mass is 15.0. The third-order valence-electron chi connectivity index (χ3n) is 3.28. The minimum atomic E-state index is 0.552. The Bertz CT molecular complexity index is 713. The number of pyridine rings is 1. The average Bonchev–Trinajstić information content (AvgIpc) is 2.79. The third kappa shape index (κ3) is 2.51. The molecule has 3 nitrogen and oxygen atoms in total. The van der Waals surface area contributed by atoms with Gasteiger partial charge in [0.05, 0.1) is 5.69 Å². The van der Waals surface area contributed by atoms with Crippen molar-refractivity contribution in [1.29, 1.82) is 0 Å². The van der Waals surface area contributed by atoms with Gasteiger partial charge in [0.15, 0.2) is 0 Å². The summed E-state index contributed by atoms with van der Waals surface area (Å²) in [6, 6.07) is 12.6. The zero-order valence-electron chi connectivity index (χ0n) is 11.0. The topological polar surface area (TPSA) is 43.3 Å². The van der Waals surface area contributed by atoms with Gasteiger partial charge < -0.3 is 10.1 Å². The van der Waals surface area contributed by atoms with Gasteiger partial charge in [0.1, 0.15) is 5.65 Å². The van der Waals surface area contributed by atoms with Crippen molar-refractivity contribution in [2.45, 2.75) is 19.9 Å². The summed E-state index contributed by atoms with van der Waals surface area (Å²) in [6.07, 6.45) is 4.96. The molecule has 1 aromatic carbocycles. The number of aromatic nitrogens is 2. The minimum absolute atomic E-state index is 0.552. The zero-order chi connectivity index (χ0) is 13.2. The maximum absolute atomic E-state index is 5.65. The summed E-state index contributed by atoms with van der Waals surface area (Å²) in [6.45, 7) is 2.66. The first-order valence-electron chi connectivity index (χ1n) is 6.47. The zero-order valence-corrected chi connectivity index (χ0v) is 11.0. The fraction of sp³-hybridized carbons (Fsp3) is 0.188. The second-order valence-electron chi connectivity index (χ2n) is 4.90. The van der Waals surface area contributed by atoms with E-state index in [0.29, 0.717) is 6.54 Å². The van der Waals surface area contributed by atoms with Gasteiger partial charge in [-0.05, 0) is 30.2 Å². The molecule has 0 unspecified atom stereocenters. The largest absolute Gasteiger partial charge is 0.326 e. The van der Waals surface area contributed by atoms with Crippen molar-refractivity contribution in [2.75, 3.05) is 0 Å². The maximum atomic E-state index is 5.65. The van der Waals surface area contributed by atoms with E-state index in [2.05, 4.69) is 42.4 Å². The van der Waals surface area contributed by atoms with Crippen molar-refractivity contribution >= 4 is 5.65 Å². The summed E-state index contributed by atoms with van der Waals surface area (Å²) in [5.41, 5.74) is 11.4. The Morgan fingerprint density at radius 3 is 2.84 bits per heavy atom. The first-order chi connectivity index (χ1) is 9.24. The van der Waals surface area contributed by atoms with Crippen LogP contribution >= 0.6 is 0 Å². The highest BCUT2D eigenvalue weighted by Crippen LogP contribution is 2.13. The van der Waals surface area contributed by atoms with Crippen LogP contribution in [0.5, 0.6) is 0 Å². The number of rotatable bonds is 3. The Balaban J connectivity index is 1.93. The minimum Gasteiger partial charge on any atom is -0.326 e. The lowest BCUT2D eigenvalue weighted by molar-refractivity contribution is 1.05. The van der Waals surface area contributed by atoms with E-state index < -0.39 is 0 Å². The summed E-state index contributed by atoms with van der Waals surface area (Å²) in [5.74, 6) is 0. The molecule has 0 bridgehead atoms. The lowest BCUT2D eigenvalue weighted by atomic mass is 10.1. The molecular formula is C16H17N3. The summed E-state index contributed by atoms with van der Waals surface area (Å²) >= 11 is 0. The molecule has 0 aliphatic rings. The van der Waals surface area contributed by atoms with Crippen molar-refractivity contribution in [1.82, 2.24) is 9.38 Å². The van der Waals surface area contributed by atoms with Crippen molar-refractivity contribution in [3.63, 3.8) is 0 Å². The van der Waals surface area contributed by atoms with Gasteiger partial charge in [0.25, 0.3) is 0 Å². The SMILES string of the molecule is Cc1cccc(Cc2cn3ccc(CN)cc3n2)c1. The average molecular weight is 251 g/mol. The summed E-state index contributed by atoms with van der Waals surface area (Å²) < 4.78 is 2.05. The van der Waals surface area contributed by atoms with Crippen molar-refractivity contribution < 1.29 is 0 Å². The standard InChI is InChI=1S/C16H17N3/c1-12-3-2-4-13(7-12)8-15-11-19-6-5-14(10-17)9-16(19)18-15/h2-7,9,11H,8,10,17H2,1H3. The molecule has 0 fully saturated rings. The van der Waals surface area contributed by atoms with Crippen LogP contribution in [0.3, 0.4) is 0 Å². The second kappa shape index (κ2) is 4.86. The predicted octanol–water partition coefficient (Wildman–Crippen LogP) is 2.69. The number of hydrogen-bond acceptors (Lipinski definition) is 2. The molecule has 2 aromatic heterocycles. The normalized spacial score (nSPS) is 11.1. The molecule has 96 valence electrons. The Labute approximate surface area is 112 Å². The molecule has 0 spiro atoms. The van der Waals surface area contributed by atoms with Gasteiger partial charge in [-0.15, -0.1) is 0 Å². The van der Waals surface area contributed by atoms with Crippen LogP contribution in [0.25, 0.3) is 5.65 Å². The molecule has 0 saturated carbocycles. The monoisotopic (exact) mass is 251 g/mol. The van der Waals surface area contributed by atoms with E-state index in [1.807, 2.05) is 22.7 Å². The van der Waals surface area contributed by atoms with E-state index in [-0.39, 0.29) is 0 Å². The number of hydrogen-bond donors (Lipinski definition) is 1. The quantitative estimate of drug-likeness (QED) is 0.777. The molecule has 2 heterocycles. The molecule has 19 heavy (non-hydrogen) atoms. The smallest absolute Gasteiger partial charge is 0.137 e. The molecule has 0 aliphatic carbocycles. The lowest BCUT2D eigenvalue weighted by Gasteiger charge is -1.99.